The Morgan fingerprint density at radius 3 is 2.84 bits per heavy atom. The summed E-state index contributed by atoms with van der Waals surface area (Å²) in [6, 6.07) is 15.8. The number of aryl methyl sites for hydroxylation is 1. The molecule has 0 unspecified atom stereocenters. The lowest BCUT2D eigenvalue weighted by Crippen LogP contribution is -2.11. The number of aromatic nitrogens is 5. The monoisotopic (exact) mass is 424 g/mol. The van der Waals surface area contributed by atoms with Gasteiger partial charge in [0, 0.05) is 12.8 Å². The van der Waals surface area contributed by atoms with Crippen molar-refractivity contribution in [2.24, 2.45) is 0 Å². The summed E-state index contributed by atoms with van der Waals surface area (Å²) in [5.74, 6) is -0.452. The highest BCUT2D eigenvalue weighted by molar-refractivity contribution is 5.89. The number of esters is 1. The maximum Gasteiger partial charge on any atom is 0.358 e. The Kier molecular flexibility index (Phi) is 4.79. The summed E-state index contributed by atoms with van der Waals surface area (Å²) in [5.41, 5.74) is 6.92. The standard InChI is InChI=1S/C24H20N6O2/c1-3-32-24(31)23-22-12-20-18(11-16-6-4-5-7-17(16)13-25)27-28-30(20)21-10-15(2)8-9-19(21)29(22)14-26-23/h4-10,14H,3,11-12H2,1-2H3. The van der Waals surface area contributed by atoms with Crippen LogP contribution in [-0.4, -0.2) is 37.1 Å². The molecule has 0 fully saturated rings. The molecule has 158 valence electrons. The van der Waals surface area contributed by atoms with E-state index in [1.807, 2.05) is 52.6 Å². The number of carbonyl (C=O) groups excluding carboxylic acids is 1. The number of ether oxygens (including phenoxy) is 1. The quantitative estimate of drug-likeness (QED) is 0.411. The van der Waals surface area contributed by atoms with Crippen molar-refractivity contribution in [2.45, 2.75) is 26.7 Å². The zero-order chi connectivity index (χ0) is 22.2. The number of rotatable bonds is 4. The van der Waals surface area contributed by atoms with E-state index in [4.69, 9.17) is 4.74 Å². The molecule has 2 aromatic heterocycles. The number of nitrogens with zero attached hydrogens (tertiary/aromatic N) is 6. The van der Waals surface area contributed by atoms with Gasteiger partial charge < -0.3 is 4.74 Å². The summed E-state index contributed by atoms with van der Waals surface area (Å²) >= 11 is 0. The Morgan fingerprint density at radius 2 is 2.03 bits per heavy atom. The van der Waals surface area contributed by atoms with Gasteiger partial charge in [0.25, 0.3) is 0 Å². The average molecular weight is 424 g/mol. The molecule has 0 saturated carbocycles. The molecular weight excluding hydrogens is 404 g/mol. The lowest BCUT2D eigenvalue weighted by molar-refractivity contribution is 0.0519. The van der Waals surface area contributed by atoms with Crippen LogP contribution in [0.2, 0.25) is 0 Å². The molecule has 3 heterocycles. The Labute approximate surface area is 184 Å². The van der Waals surface area contributed by atoms with Crippen LogP contribution in [-0.2, 0) is 17.6 Å². The van der Waals surface area contributed by atoms with E-state index in [0.717, 1.165) is 39.6 Å². The van der Waals surface area contributed by atoms with Crippen LogP contribution >= 0.6 is 0 Å². The molecule has 0 radical (unpaired) electrons. The fourth-order valence-electron chi connectivity index (χ4n) is 4.09. The Hall–Kier alpha value is -4.25. The predicted octanol–water partition coefficient (Wildman–Crippen LogP) is 3.30. The second-order valence-electron chi connectivity index (χ2n) is 7.64. The summed E-state index contributed by atoms with van der Waals surface area (Å²) in [6.45, 7) is 4.07. The highest BCUT2D eigenvalue weighted by atomic mass is 16.5. The van der Waals surface area contributed by atoms with E-state index in [0.29, 0.717) is 18.4 Å². The molecule has 0 saturated heterocycles. The number of carbonyl (C=O) groups is 1. The summed E-state index contributed by atoms with van der Waals surface area (Å²) in [4.78, 5) is 17.0. The molecule has 8 heteroatoms. The molecule has 32 heavy (non-hydrogen) atoms. The van der Waals surface area contributed by atoms with Gasteiger partial charge in [-0.1, -0.05) is 29.5 Å². The number of nitriles is 1. The zero-order valence-electron chi connectivity index (χ0n) is 17.7. The minimum Gasteiger partial charge on any atom is -0.461 e. The highest BCUT2D eigenvalue weighted by Gasteiger charge is 2.29. The molecule has 2 aromatic carbocycles. The first-order valence-corrected chi connectivity index (χ1v) is 10.4. The largest absolute Gasteiger partial charge is 0.461 e. The molecule has 0 atom stereocenters. The van der Waals surface area contributed by atoms with Gasteiger partial charge in [-0.05, 0) is 43.2 Å². The second-order valence-corrected chi connectivity index (χ2v) is 7.64. The number of hydrogen-bond donors (Lipinski definition) is 0. The first-order chi connectivity index (χ1) is 15.6. The van der Waals surface area contributed by atoms with Crippen molar-refractivity contribution >= 4 is 5.97 Å². The molecule has 8 nitrogen and oxygen atoms in total. The lowest BCUT2D eigenvalue weighted by atomic mass is 10.0. The molecule has 0 spiro atoms. The van der Waals surface area contributed by atoms with E-state index in [2.05, 4.69) is 21.4 Å². The van der Waals surface area contributed by atoms with E-state index in [-0.39, 0.29) is 12.3 Å². The minimum absolute atomic E-state index is 0.274. The Morgan fingerprint density at radius 1 is 1.19 bits per heavy atom. The molecule has 4 aromatic rings. The second kappa shape index (κ2) is 7.78. The van der Waals surface area contributed by atoms with Gasteiger partial charge in [-0.2, -0.15) is 5.26 Å². The maximum atomic E-state index is 12.6. The maximum absolute atomic E-state index is 12.6. The van der Waals surface area contributed by atoms with Gasteiger partial charge in [0.05, 0.1) is 46.7 Å². The predicted molar refractivity (Wildman–Crippen MR) is 116 cm³/mol. The first-order valence-electron chi connectivity index (χ1n) is 10.4. The summed E-state index contributed by atoms with van der Waals surface area (Å²) in [7, 11) is 0. The van der Waals surface area contributed by atoms with Gasteiger partial charge >= 0.3 is 5.97 Å². The molecule has 0 N–H and O–H groups in total. The topological polar surface area (TPSA) is 98.6 Å². The van der Waals surface area contributed by atoms with E-state index < -0.39 is 5.97 Å². The van der Waals surface area contributed by atoms with Crippen molar-refractivity contribution in [3.8, 4) is 17.4 Å². The van der Waals surface area contributed by atoms with Crippen molar-refractivity contribution < 1.29 is 9.53 Å². The van der Waals surface area contributed by atoms with Crippen molar-refractivity contribution in [1.82, 2.24) is 24.5 Å². The number of hydrogen-bond acceptors (Lipinski definition) is 6. The third-order valence-corrected chi connectivity index (χ3v) is 5.63. The zero-order valence-corrected chi connectivity index (χ0v) is 17.7. The van der Waals surface area contributed by atoms with Gasteiger partial charge in [-0.25, -0.2) is 14.5 Å². The van der Waals surface area contributed by atoms with Crippen LogP contribution < -0.4 is 0 Å². The summed E-state index contributed by atoms with van der Waals surface area (Å²) < 4.78 is 8.98. The van der Waals surface area contributed by atoms with Crippen LogP contribution in [0.1, 0.15) is 51.2 Å². The molecule has 0 amide bonds. The van der Waals surface area contributed by atoms with Crippen molar-refractivity contribution in [2.75, 3.05) is 6.61 Å². The van der Waals surface area contributed by atoms with Crippen molar-refractivity contribution in [3.63, 3.8) is 0 Å². The van der Waals surface area contributed by atoms with E-state index in [1.165, 1.54) is 0 Å². The molecule has 0 bridgehead atoms. The average Bonchev–Trinajstić information content (AvgIpc) is 3.36. The summed E-state index contributed by atoms with van der Waals surface area (Å²) in [5, 5.41) is 18.4. The van der Waals surface area contributed by atoms with E-state index in [9.17, 15) is 10.1 Å². The van der Waals surface area contributed by atoms with Crippen LogP contribution in [0, 0.1) is 18.3 Å². The normalized spacial score (nSPS) is 11.7. The van der Waals surface area contributed by atoms with Crippen LogP contribution in [0.5, 0.6) is 0 Å². The number of imidazole rings is 1. The lowest BCUT2D eigenvalue weighted by Gasteiger charge is -2.10. The van der Waals surface area contributed by atoms with Gasteiger partial charge in [-0.3, -0.25) is 4.57 Å². The molecule has 5 rings (SSSR count). The van der Waals surface area contributed by atoms with E-state index in [1.54, 1.807) is 19.3 Å². The number of benzene rings is 2. The smallest absolute Gasteiger partial charge is 0.358 e. The summed E-state index contributed by atoms with van der Waals surface area (Å²) in [6.07, 6.45) is 2.52. The van der Waals surface area contributed by atoms with Gasteiger partial charge in [0.2, 0.25) is 0 Å². The Bertz CT molecular complexity index is 1390. The van der Waals surface area contributed by atoms with Gasteiger partial charge in [-0.15, -0.1) is 5.10 Å². The van der Waals surface area contributed by atoms with Crippen molar-refractivity contribution in [3.05, 3.63) is 88.3 Å². The van der Waals surface area contributed by atoms with Gasteiger partial charge in [0.15, 0.2) is 5.69 Å². The van der Waals surface area contributed by atoms with E-state index >= 15 is 0 Å². The first kappa shape index (κ1) is 19.7. The SMILES string of the molecule is CCOC(=O)c1ncn2c1Cc1c(Cc3ccccc3C#N)nnn1-c1cc(C)ccc1-2. The molecule has 1 aliphatic rings. The van der Waals surface area contributed by atoms with Crippen LogP contribution in [0.25, 0.3) is 11.4 Å². The highest BCUT2D eigenvalue weighted by Crippen LogP contribution is 2.31. The third kappa shape index (κ3) is 3.15. The van der Waals surface area contributed by atoms with Crippen molar-refractivity contribution in [1.29, 1.82) is 5.26 Å². The van der Waals surface area contributed by atoms with Crippen LogP contribution in [0.4, 0.5) is 0 Å². The minimum atomic E-state index is -0.452. The Balaban J connectivity index is 1.69. The fourth-order valence-corrected chi connectivity index (χ4v) is 4.09. The number of fused-ring (bicyclic) bond motifs is 5. The van der Waals surface area contributed by atoms with Crippen LogP contribution in [0.3, 0.4) is 0 Å². The molecule has 0 aliphatic carbocycles. The molecule has 1 aliphatic heterocycles. The van der Waals surface area contributed by atoms with Crippen LogP contribution in [0.15, 0.2) is 48.8 Å². The fraction of sp³-hybridized carbons (Fsp3) is 0.208. The van der Waals surface area contributed by atoms with Gasteiger partial charge in [0.1, 0.15) is 6.33 Å². The third-order valence-electron chi connectivity index (χ3n) is 5.63. The molecular formula is C24H20N6O2.